The topological polar surface area (TPSA) is 51.6 Å². The molecule has 1 aromatic heterocycles. The summed E-state index contributed by atoms with van der Waals surface area (Å²) in [6.45, 7) is 1.74. The largest absolute Gasteiger partial charge is 0.203 e. The molecular weight excluding hydrogens is 200 g/mol. The van der Waals surface area contributed by atoms with Crippen LogP contribution in [0.3, 0.4) is 0 Å². The van der Waals surface area contributed by atoms with Gasteiger partial charge in [0.25, 0.3) is 0 Å². The van der Waals surface area contributed by atoms with Gasteiger partial charge in [0.05, 0.1) is 0 Å². The van der Waals surface area contributed by atoms with Crippen LogP contribution in [0.25, 0.3) is 11.4 Å². The normalized spacial score (nSPS) is 10.1. The molecule has 0 unspecified atom stereocenters. The van der Waals surface area contributed by atoms with Gasteiger partial charge in [0.1, 0.15) is 0 Å². The average molecular weight is 207 g/mol. The number of halogens is 1. The van der Waals surface area contributed by atoms with Crippen LogP contribution in [-0.2, 0) is 0 Å². The minimum Gasteiger partial charge on any atom is -0.131 e. The number of nitrogens with zero attached hydrogens (tertiary/aromatic N) is 4. The maximum absolute atomic E-state index is 5.75. The van der Waals surface area contributed by atoms with Gasteiger partial charge in [0, 0.05) is 10.6 Å². The monoisotopic (exact) mass is 206 g/mol. The first-order chi connectivity index (χ1) is 6.75. The van der Waals surface area contributed by atoms with E-state index in [1.54, 1.807) is 19.1 Å². The van der Waals surface area contributed by atoms with Crippen molar-refractivity contribution >= 4 is 11.6 Å². The van der Waals surface area contributed by atoms with Gasteiger partial charge < -0.3 is 0 Å². The van der Waals surface area contributed by atoms with Crippen LogP contribution in [-0.4, -0.2) is 20.4 Å². The molecule has 14 heavy (non-hydrogen) atoms. The maximum atomic E-state index is 5.75. The molecule has 0 spiro atoms. The lowest BCUT2D eigenvalue weighted by atomic mass is 10.2. The predicted molar refractivity (Wildman–Crippen MR) is 52.8 cm³/mol. The Morgan fingerprint density at radius 1 is 0.929 bits per heavy atom. The highest BCUT2D eigenvalue weighted by molar-refractivity contribution is 6.30. The van der Waals surface area contributed by atoms with Crippen LogP contribution in [0.1, 0.15) is 5.82 Å². The van der Waals surface area contributed by atoms with Crippen molar-refractivity contribution in [2.75, 3.05) is 0 Å². The second-order valence-electron chi connectivity index (χ2n) is 2.78. The van der Waals surface area contributed by atoms with E-state index in [-0.39, 0.29) is 0 Å². The van der Waals surface area contributed by atoms with E-state index in [2.05, 4.69) is 20.4 Å². The third kappa shape index (κ3) is 1.85. The van der Waals surface area contributed by atoms with E-state index in [1.165, 1.54) is 0 Å². The van der Waals surface area contributed by atoms with Gasteiger partial charge in [-0.3, -0.25) is 0 Å². The quantitative estimate of drug-likeness (QED) is 0.715. The standard InChI is InChI=1S/C9H7ClN4/c1-6-11-13-9(14-12-6)7-2-4-8(10)5-3-7/h2-5H,1H3. The summed E-state index contributed by atoms with van der Waals surface area (Å²) in [7, 11) is 0. The SMILES string of the molecule is Cc1nnc(-c2ccc(Cl)cc2)nn1. The molecule has 2 aromatic rings. The van der Waals surface area contributed by atoms with E-state index < -0.39 is 0 Å². The van der Waals surface area contributed by atoms with Crippen molar-refractivity contribution < 1.29 is 0 Å². The zero-order valence-corrected chi connectivity index (χ0v) is 8.23. The van der Waals surface area contributed by atoms with E-state index in [1.807, 2.05) is 12.1 Å². The number of aryl methyl sites for hydroxylation is 1. The van der Waals surface area contributed by atoms with Crippen molar-refractivity contribution in [1.82, 2.24) is 20.4 Å². The highest BCUT2D eigenvalue weighted by Gasteiger charge is 2.01. The molecule has 0 amide bonds. The summed E-state index contributed by atoms with van der Waals surface area (Å²) in [5, 5.41) is 16.1. The van der Waals surface area contributed by atoms with Gasteiger partial charge in [-0.05, 0) is 31.2 Å². The van der Waals surface area contributed by atoms with Gasteiger partial charge in [0.2, 0.25) is 5.82 Å². The van der Waals surface area contributed by atoms with Gasteiger partial charge in [-0.25, -0.2) is 0 Å². The van der Waals surface area contributed by atoms with Crippen molar-refractivity contribution in [3.05, 3.63) is 35.1 Å². The lowest BCUT2D eigenvalue weighted by Gasteiger charge is -1.97. The number of aromatic nitrogens is 4. The van der Waals surface area contributed by atoms with Crippen LogP contribution in [0.15, 0.2) is 24.3 Å². The van der Waals surface area contributed by atoms with Crippen molar-refractivity contribution in [3.63, 3.8) is 0 Å². The summed E-state index contributed by atoms with van der Waals surface area (Å²) in [6.07, 6.45) is 0. The molecule has 0 aliphatic heterocycles. The van der Waals surface area contributed by atoms with Crippen molar-refractivity contribution in [2.24, 2.45) is 0 Å². The predicted octanol–water partition coefficient (Wildman–Crippen LogP) is 1.90. The summed E-state index contributed by atoms with van der Waals surface area (Å²) in [5.41, 5.74) is 0.856. The number of rotatable bonds is 1. The molecule has 0 fully saturated rings. The Morgan fingerprint density at radius 3 is 2.07 bits per heavy atom. The fraction of sp³-hybridized carbons (Fsp3) is 0.111. The highest BCUT2D eigenvalue weighted by atomic mass is 35.5. The summed E-state index contributed by atoms with van der Waals surface area (Å²) < 4.78 is 0. The van der Waals surface area contributed by atoms with E-state index >= 15 is 0 Å². The summed E-state index contributed by atoms with van der Waals surface area (Å²) in [6, 6.07) is 7.22. The van der Waals surface area contributed by atoms with Crippen LogP contribution in [0.2, 0.25) is 5.02 Å². The average Bonchev–Trinajstić information content (AvgIpc) is 2.21. The third-order valence-electron chi connectivity index (χ3n) is 1.68. The molecule has 0 saturated heterocycles. The fourth-order valence-corrected chi connectivity index (χ4v) is 1.12. The first-order valence-electron chi connectivity index (χ1n) is 4.05. The van der Waals surface area contributed by atoms with Crippen molar-refractivity contribution in [1.29, 1.82) is 0 Å². The maximum Gasteiger partial charge on any atom is 0.203 e. The van der Waals surface area contributed by atoms with E-state index in [4.69, 9.17) is 11.6 Å². The minimum atomic E-state index is 0.507. The molecule has 1 heterocycles. The van der Waals surface area contributed by atoms with Crippen molar-refractivity contribution in [2.45, 2.75) is 6.92 Å². The lowest BCUT2D eigenvalue weighted by molar-refractivity contribution is 0.816. The molecule has 0 N–H and O–H groups in total. The Balaban J connectivity index is 2.40. The summed E-state index contributed by atoms with van der Waals surface area (Å²) in [5.74, 6) is 1.06. The molecule has 5 heteroatoms. The zero-order chi connectivity index (χ0) is 9.97. The second kappa shape index (κ2) is 3.67. The molecule has 4 nitrogen and oxygen atoms in total. The van der Waals surface area contributed by atoms with Crippen LogP contribution in [0.4, 0.5) is 0 Å². The Kier molecular flexibility index (Phi) is 2.37. The summed E-state index contributed by atoms with van der Waals surface area (Å²) in [4.78, 5) is 0. The van der Waals surface area contributed by atoms with Gasteiger partial charge in [-0.15, -0.1) is 20.4 Å². The van der Waals surface area contributed by atoms with Crippen LogP contribution >= 0.6 is 11.6 Å². The Morgan fingerprint density at radius 2 is 1.50 bits per heavy atom. The molecule has 1 aromatic carbocycles. The minimum absolute atomic E-state index is 0.507. The molecule has 0 radical (unpaired) electrons. The number of benzene rings is 1. The highest BCUT2D eigenvalue weighted by Crippen LogP contribution is 2.16. The van der Waals surface area contributed by atoms with E-state index in [0.29, 0.717) is 16.7 Å². The molecule has 0 aliphatic rings. The Bertz CT molecular complexity index is 380. The smallest absolute Gasteiger partial charge is 0.131 e. The molecule has 70 valence electrons. The second-order valence-corrected chi connectivity index (χ2v) is 3.21. The van der Waals surface area contributed by atoms with Gasteiger partial charge in [-0.2, -0.15) is 0 Å². The molecule has 0 aliphatic carbocycles. The summed E-state index contributed by atoms with van der Waals surface area (Å²) >= 11 is 5.75. The number of hydrogen-bond donors (Lipinski definition) is 0. The first kappa shape index (κ1) is 9.02. The van der Waals surface area contributed by atoms with Gasteiger partial charge in [-0.1, -0.05) is 11.6 Å². The molecular formula is C9H7ClN4. The Labute approximate surface area is 86.0 Å². The molecule has 0 atom stereocenters. The molecule has 0 saturated carbocycles. The van der Waals surface area contributed by atoms with Crippen LogP contribution < -0.4 is 0 Å². The molecule has 0 bridgehead atoms. The molecule has 2 rings (SSSR count). The van der Waals surface area contributed by atoms with E-state index in [0.717, 1.165) is 5.56 Å². The van der Waals surface area contributed by atoms with Crippen LogP contribution in [0, 0.1) is 6.92 Å². The lowest BCUT2D eigenvalue weighted by Crippen LogP contribution is -1.98. The van der Waals surface area contributed by atoms with E-state index in [9.17, 15) is 0 Å². The van der Waals surface area contributed by atoms with Gasteiger partial charge in [0.15, 0.2) is 5.82 Å². The first-order valence-corrected chi connectivity index (χ1v) is 4.43. The fourth-order valence-electron chi connectivity index (χ4n) is 0.994. The number of hydrogen-bond acceptors (Lipinski definition) is 4. The Hall–Kier alpha value is -1.55. The third-order valence-corrected chi connectivity index (χ3v) is 1.93. The zero-order valence-electron chi connectivity index (χ0n) is 7.48. The van der Waals surface area contributed by atoms with Crippen molar-refractivity contribution in [3.8, 4) is 11.4 Å². The van der Waals surface area contributed by atoms with Gasteiger partial charge >= 0.3 is 0 Å². The van der Waals surface area contributed by atoms with Crippen LogP contribution in [0.5, 0.6) is 0 Å².